The summed E-state index contributed by atoms with van der Waals surface area (Å²) in [5.41, 5.74) is -0.373. The summed E-state index contributed by atoms with van der Waals surface area (Å²) < 4.78 is 0. The van der Waals surface area contributed by atoms with Gasteiger partial charge in [-0.2, -0.15) is 5.10 Å². The van der Waals surface area contributed by atoms with E-state index >= 15 is 0 Å². The molecule has 1 aliphatic carbocycles. The molecule has 1 saturated carbocycles. The molecule has 1 aliphatic heterocycles. The summed E-state index contributed by atoms with van der Waals surface area (Å²) in [5.74, 6) is -0.371. The van der Waals surface area contributed by atoms with E-state index in [1.807, 2.05) is 0 Å². The first-order valence-electron chi connectivity index (χ1n) is 5.85. The third kappa shape index (κ3) is 2.63. The summed E-state index contributed by atoms with van der Waals surface area (Å²) in [6, 6.07) is 0. The van der Waals surface area contributed by atoms with Gasteiger partial charge in [-0.3, -0.25) is 9.59 Å². The van der Waals surface area contributed by atoms with Crippen LogP contribution in [0.15, 0.2) is 5.10 Å². The molecule has 1 heterocycles. The van der Waals surface area contributed by atoms with Crippen LogP contribution in [0, 0.1) is 0 Å². The average molecular weight is 239 g/mol. The molecule has 0 aromatic rings. The molecule has 2 N–H and O–H groups in total. The first kappa shape index (κ1) is 12.0. The second-order valence-corrected chi connectivity index (χ2v) is 4.72. The Morgan fingerprint density at radius 3 is 2.76 bits per heavy atom. The quantitative estimate of drug-likeness (QED) is 0.704. The van der Waals surface area contributed by atoms with Gasteiger partial charge in [-0.15, -0.1) is 0 Å². The fourth-order valence-electron chi connectivity index (χ4n) is 1.94. The fourth-order valence-corrected chi connectivity index (χ4v) is 1.94. The van der Waals surface area contributed by atoms with Gasteiger partial charge in [0.15, 0.2) is 0 Å². The monoisotopic (exact) mass is 239 g/mol. The van der Waals surface area contributed by atoms with Crippen LogP contribution in [0.2, 0.25) is 0 Å². The van der Waals surface area contributed by atoms with Gasteiger partial charge in [0.1, 0.15) is 5.71 Å². The molecule has 2 aliphatic rings. The number of nitrogens with one attached hydrogen (secondary N) is 1. The summed E-state index contributed by atoms with van der Waals surface area (Å²) >= 11 is 0. The summed E-state index contributed by atoms with van der Waals surface area (Å²) in [6.45, 7) is 0.266. The van der Waals surface area contributed by atoms with Crippen molar-refractivity contribution in [1.82, 2.24) is 10.3 Å². The number of carbonyl (C=O) groups is 2. The predicted molar refractivity (Wildman–Crippen MR) is 61.2 cm³/mol. The van der Waals surface area contributed by atoms with Crippen LogP contribution in [0.5, 0.6) is 0 Å². The van der Waals surface area contributed by atoms with E-state index in [1.165, 1.54) is 12.1 Å². The fraction of sp³-hybridized carbons (Fsp3) is 0.727. The van der Waals surface area contributed by atoms with Crippen molar-refractivity contribution in [1.29, 1.82) is 0 Å². The van der Waals surface area contributed by atoms with E-state index in [0.717, 1.165) is 19.3 Å². The Balaban J connectivity index is 1.87. The topological polar surface area (TPSA) is 82.0 Å². The number of hydrazone groups is 1. The SMILES string of the molecule is CN1N=C(C(=O)NCC2(O)CCC2)CCC1=O. The molecule has 2 amide bonds. The van der Waals surface area contributed by atoms with Gasteiger partial charge >= 0.3 is 0 Å². The molecule has 0 saturated heterocycles. The van der Waals surface area contributed by atoms with Gasteiger partial charge in [-0.1, -0.05) is 0 Å². The number of amides is 2. The number of carbonyl (C=O) groups excluding carboxylic acids is 2. The molecule has 0 unspecified atom stereocenters. The van der Waals surface area contributed by atoms with Crippen LogP contribution in [0.3, 0.4) is 0 Å². The molecule has 0 aromatic heterocycles. The van der Waals surface area contributed by atoms with Gasteiger partial charge in [0.25, 0.3) is 5.91 Å². The number of hydrogen-bond donors (Lipinski definition) is 2. The molecular weight excluding hydrogens is 222 g/mol. The zero-order valence-electron chi connectivity index (χ0n) is 9.90. The Labute approximate surface area is 99.7 Å². The van der Waals surface area contributed by atoms with E-state index in [1.54, 1.807) is 0 Å². The lowest BCUT2D eigenvalue weighted by molar-refractivity contribution is -0.130. The second-order valence-electron chi connectivity index (χ2n) is 4.72. The van der Waals surface area contributed by atoms with Gasteiger partial charge in [-0.25, -0.2) is 5.01 Å². The lowest BCUT2D eigenvalue weighted by Gasteiger charge is -2.36. The number of rotatable bonds is 3. The number of nitrogens with zero attached hydrogens (tertiary/aromatic N) is 2. The van der Waals surface area contributed by atoms with Crippen molar-refractivity contribution in [2.75, 3.05) is 13.6 Å². The van der Waals surface area contributed by atoms with E-state index in [9.17, 15) is 14.7 Å². The molecule has 0 radical (unpaired) electrons. The van der Waals surface area contributed by atoms with Gasteiger partial charge in [0.05, 0.1) is 5.60 Å². The molecule has 17 heavy (non-hydrogen) atoms. The maximum Gasteiger partial charge on any atom is 0.267 e. The Bertz CT molecular complexity index is 374. The number of hydrogen-bond acceptors (Lipinski definition) is 4. The normalized spacial score (nSPS) is 22.8. The molecule has 6 heteroatoms. The van der Waals surface area contributed by atoms with Gasteiger partial charge in [0.2, 0.25) is 5.91 Å². The minimum Gasteiger partial charge on any atom is -0.388 e. The first-order valence-corrected chi connectivity index (χ1v) is 5.85. The Morgan fingerprint density at radius 1 is 1.53 bits per heavy atom. The Kier molecular flexibility index (Phi) is 3.15. The second kappa shape index (κ2) is 4.44. The van der Waals surface area contributed by atoms with Crippen LogP contribution in [0.4, 0.5) is 0 Å². The molecule has 2 rings (SSSR count). The molecule has 0 aromatic carbocycles. The van der Waals surface area contributed by atoms with Gasteiger partial charge < -0.3 is 10.4 Å². The summed E-state index contributed by atoms with van der Waals surface area (Å²) in [7, 11) is 1.54. The lowest BCUT2D eigenvalue weighted by Crippen LogP contribution is -2.49. The van der Waals surface area contributed by atoms with Crippen LogP contribution in [-0.2, 0) is 9.59 Å². The maximum atomic E-state index is 11.7. The summed E-state index contributed by atoms with van der Waals surface area (Å²) in [6.07, 6.45) is 3.15. The van der Waals surface area contributed by atoms with Crippen molar-refractivity contribution in [3.05, 3.63) is 0 Å². The molecule has 0 spiro atoms. The highest BCUT2D eigenvalue weighted by molar-refractivity contribution is 6.39. The molecule has 1 fully saturated rings. The van der Waals surface area contributed by atoms with Gasteiger partial charge in [-0.05, 0) is 19.3 Å². The Morgan fingerprint density at radius 2 is 2.24 bits per heavy atom. The van der Waals surface area contributed by atoms with E-state index in [2.05, 4.69) is 10.4 Å². The Hall–Kier alpha value is -1.43. The molecule has 6 nitrogen and oxygen atoms in total. The van der Waals surface area contributed by atoms with E-state index in [0.29, 0.717) is 18.6 Å². The average Bonchev–Trinajstić information content (AvgIpc) is 2.27. The highest BCUT2D eigenvalue weighted by Crippen LogP contribution is 2.30. The minimum atomic E-state index is -0.730. The van der Waals surface area contributed by atoms with Crippen LogP contribution < -0.4 is 5.32 Å². The predicted octanol–water partition coefficient (Wildman–Crippen LogP) is -0.374. The van der Waals surface area contributed by atoms with Crippen molar-refractivity contribution in [3.63, 3.8) is 0 Å². The van der Waals surface area contributed by atoms with Crippen LogP contribution >= 0.6 is 0 Å². The maximum absolute atomic E-state index is 11.7. The molecule has 0 atom stereocenters. The molecular formula is C11H17N3O3. The summed E-state index contributed by atoms with van der Waals surface area (Å²) in [4.78, 5) is 22.9. The van der Waals surface area contributed by atoms with Gasteiger partial charge in [0, 0.05) is 26.4 Å². The zero-order valence-corrected chi connectivity index (χ0v) is 9.90. The lowest BCUT2D eigenvalue weighted by atomic mass is 9.80. The standard InChI is InChI=1S/C11H17N3O3/c1-14-9(15)4-3-8(13-14)10(16)12-7-11(17)5-2-6-11/h17H,2-7H2,1H3,(H,12,16). The van der Waals surface area contributed by atoms with Crippen molar-refractivity contribution in [3.8, 4) is 0 Å². The third-order valence-electron chi connectivity index (χ3n) is 3.33. The largest absolute Gasteiger partial charge is 0.388 e. The van der Waals surface area contributed by atoms with Crippen molar-refractivity contribution in [2.45, 2.75) is 37.7 Å². The summed E-state index contributed by atoms with van der Waals surface area (Å²) in [5, 5.41) is 17.6. The molecule has 0 bridgehead atoms. The van der Waals surface area contributed by atoms with Crippen LogP contribution in [0.1, 0.15) is 32.1 Å². The van der Waals surface area contributed by atoms with E-state index in [4.69, 9.17) is 0 Å². The van der Waals surface area contributed by atoms with Crippen molar-refractivity contribution < 1.29 is 14.7 Å². The van der Waals surface area contributed by atoms with Crippen molar-refractivity contribution >= 4 is 17.5 Å². The van der Waals surface area contributed by atoms with Crippen LogP contribution in [-0.4, -0.2) is 46.8 Å². The van der Waals surface area contributed by atoms with E-state index in [-0.39, 0.29) is 18.4 Å². The molecule has 94 valence electrons. The highest BCUT2D eigenvalue weighted by atomic mass is 16.3. The smallest absolute Gasteiger partial charge is 0.267 e. The van der Waals surface area contributed by atoms with E-state index < -0.39 is 5.60 Å². The zero-order chi connectivity index (χ0) is 12.5. The minimum absolute atomic E-state index is 0.0841. The highest BCUT2D eigenvalue weighted by Gasteiger charge is 2.35. The first-order chi connectivity index (χ1) is 8.00. The third-order valence-corrected chi connectivity index (χ3v) is 3.33. The van der Waals surface area contributed by atoms with Crippen molar-refractivity contribution in [2.24, 2.45) is 5.10 Å². The number of aliphatic hydroxyl groups is 1. The van der Waals surface area contributed by atoms with Crippen LogP contribution in [0.25, 0.3) is 0 Å².